The van der Waals surface area contributed by atoms with E-state index in [1.54, 1.807) is 25.3 Å². The summed E-state index contributed by atoms with van der Waals surface area (Å²) in [5.41, 5.74) is 5.28. The number of hydrogen-bond acceptors (Lipinski definition) is 4. The minimum atomic E-state index is -1.00. The van der Waals surface area contributed by atoms with Crippen molar-refractivity contribution in [2.24, 2.45) is 5.73 Å². The van der Waals surface area contributed by atoms with E-state index in [1.807, 2.05) is 5.32 Å². The van der Waals surface area contributed by atoms with Crippen LogP contribution in [0.15, 0.2) is 17.7 Å². The number of nitrogens with one attached hydrogen (secondary N) is 1. The second kappa shape index (κ2) is 7.44. The first-order valence-corrected chi connectivity index (χ1v) is 7.30. The smallest absolute Gasteiger partial charge is 0.319 e. The topological polar surface area (TPSA) is 105 Å². The molecule has 0 saturated carbocycles. The minimum absolute atomic E-state index is 0.208. The molecule has 0 saturated heterocycles. The predicted molar refractivity (Wildman–Crippen MR) is 89.7 cm³/mol. The molecule has 0 aliphatic carbocycles. The van der Waals surface area contributed by atoms with Gasteiger partial charge in [-0.25, -0.2) is 4.79 Å². The maximum Gasteiger partial charge on any atom is 0.319 e. The predicted octanol–water partition coefficient (Wildman–Crippen LogP) is 2.01. The van der Waals surface area contributed by atoms with Crippen LogP contribution in [0.1, 0.15) is 5.56 Å². The van der Waals surface area contributed by atoms with Crippen molar-refractivity contribution in [1.82, 2.24) is 5.32 Å². The maximum atomic E-state index is 11.6. The first-order chi connectivity index (χ1) is 9.38. The van der Waals surface area contributed by atoms with Crippen molar-refractivity contribution in [1.29, 1.82) is 5.26 Å². The number of ether oxygens (including phenoxy) is 1. The zero-order valence-corrected chi connectivity index (χ0v) is 14.6. The molecule has 0 atom stereocenters. The monoisotopic (exact) mass is 497 g/mol. The summed E-state index contributed by atoms with van der Waals surface area (Å²) < 4.78 is 6.91. The number of nitriles is 1. The van der Waals surface area contributed by atoms with Crippen molar-refractivity contribution >= 4 is 63.2 Å². The van der Waals surface area contributed by atoms with Gasteiger partial charge in [0.2, 0.25) is 0 Å². The highest BCUT2D eigenvalue weighted by molar-refractivity contribution is 14.1. The molecule has 0 heterocycles. The van der Waals surface area contributed by atoms with E-state index in [9.17, 15) is 9.59 Å². The third-order valence-electron chi connectivity index (χ3n) is 2.14. The summed E-state index contributed by atoms with van der Waals surface area (Å²) in [5, 5.41) is 10.8. The van der Waals surface area contributed by atoms with Gasteiger partial charge >= 0.3 is 6.03 Å². The number of halogens is 2. The van der Waals surface area contributed by atoms with Crippen LogP contribution in [0.4, 0.5) is 4.79 Å². The molecule has 1 aromatic carbocycles. The van der Waals surface area contributed by atoms with Gasteiger partial charge in [0.1, 0.15) is 17.4 Å². The molecule has 0 fully saturated rings. The number of nitrogens with zero attached hydrogens (tertiary/aromatic N) is 1. The molecule has 104 valence electrons. The van der Waals surface area contributed by atoms with Gasteiger partial charge in [-0.2, -0.15) is 5.26 Å². The van der Waals surface area contributed by atoms with Crippen LogP contribution >= 0.6 is 45.2 Å². The summed E-state index contributed by atoms with van der Waals surface area (Å²) in [7, 11) is 1.57. The molecule has 8 heteroatoms. The Morgan fingerprint density at radius 2 is 1.95 bits per heavy atom. The number of primary amides is 1. The molecule has 3 amide bonds. The first-order valence-electron chi connectivity index (χ1n) is 5.14. The molecule has 0 aromatic heterocycles. The van der Waals surface area contributed by atoms with Crippen molar-refractivity contribution in [3.05, 3.63) is 30.4 Å². The lowest BCUT2D eigenvalue weighted by molar-refractivity contribution is -0.115. The number of urea groups is 1. The van der Waals surface area contributed by atoms with Gasteiger partial charge in [-0.1, -0.05) is 0 Å². The SMILES string of the molecule is COc1c(I)cc(/C=C(/C#N)C(=O)NC(N)=O)cc1I. The van der Waals surface area contributed by atoms with E-state index in [0.29, 0.717) is 5.56 Å². The summed E-state index contributed by atoms with van der Waals surface area (Å²) in [6.07, 6.45) is 1.38. The Morgan fingerprint density at radius 1 is 1.40 bits per heavy atom. The fourth-order valence-electron chi connectivity index (χ4n) is 1.35. The molecule has 3 N–H and O–H groups in total. The fourth-order valence-corrected chi connectivity index (χ4v) is 3.61. The Balaban J connectivity index is 3.18. The van der Waals surface area contributed by atoms with Gasteiger partial charge in [-0.3, -0.25) is 10.1 Å². The molecule has 1 aromatic rings. The average Bonchev–Trinajstić information content (AvgIpc) is 2.34. The minimum Gasteiger partial charge on any atom is -0.495 e. The summed E-state index contributed by atoms with van der Waals surface area (Å²) in [4.78, 5) is 22.2. The molecule has 6 nitrogen and oxygen atoms in total. The second-order valence-electron chi connectivity index (χ2n) is 3.51. The van der Waals surface area contributed by atoms with Gasteiger partial charge in [-0.05, 0) is 69.0 Å². The Bertz CT molecular complexity index is 612. The van der Waals surface area contributed by atoms with E-state index in [4.69, 9.17) is 15.7 Å². The van der Waals surface area contributed by atoms with Crippen LogP contribution in [-0.2, 0) is 4.79 Å². The molecular formula is C12H9I2N3O3. The van der Waals surface area contributed by atoms with Gasteiger partial charge in [0.15, 0.2) is 0 Å². The van der Waals surface area contributed by atoms with Crippen LogP contribution in [-0.4, -0.2) is 19.0 Å². The quantitative estimate of drug-likeness (QED) is 0.379. The molecule has 0 spiro atoms. The van der Waals surface area contributed by atoms with Crippen molar-refractivity contribution in [3.8, 4) is 11.8 Å². The lowest BCUT2D eigenvalue weighted by Gasteiger charge is -2.07. The van der Waals surface area contributed by atoms with Crippen molar-refractivity contribution in [3.63, 3.8) is 0 Å². The lowest BCUT2D eigenvalue weighted by atomic mass is 10.1. The molecule has 0 unspecified atom stereocenters. The van der Waals surface area contributed by atoms with Crippen molar-refractivity contribution in [2.45, 2.75) is 0 Å². The van der Waals surface area contributed by atoms with E-state index in [0.717, 1.165) is 12.9 Å². The molecular weight excluding hydrogens is 488 g/mol. The highest BCUT2D eigenvalue weighted by Crippen LogP contribution is 2.29. The average molecular weight is 497 g/mol. The zero-order chi connectivity index (χ0) is 15.3. The van der Waals surface area contributed by atoms with Gasteiger partial charge in [0.05, 0.1) is 14.3 Å². The molecule has 0 aliphatic heterocycles. The summed E-state index contributed by atoms with van der Waals surface area (Å²) in [6, 6.07) is 4.24. The van der Waals surface area contributed by atoms with E-state index in [2.05, 4.69) is 45.2 Å². The summed E-state index contributed by atoms with van der Waals surface area (Å²) in [6.45, 7) is 0. The Morgan fingerprint density at radius 3 is 2.35 bits per heavy atom. The third-order valence-corrected chi connectivity index (χ3v) is 3.74. The van der Waals surface area contributed by atoms with Gasteiger partial charge in [0, 0.05) is 0 Å². The zero-order valence-electron chi connectivity index (χ0n) is 10.2. The van der Waals surface area contributed by atoms with Crippen LogP contribution in [0.3, 0.4) is 0 Å². The highest BCUT2D eigenvalue weighted by atomic mass is 127. The van der Waals surface area contributed by atoms with Gasteiger partial charge < -0.3 is 10.5 Å². The Hall–Kier alpha value is -1.35. The van der Waals surface area contributed by atoms with Crippen molar-refractivity contribution in [2.75, 3.05) is 7.11 Å². The highest BCUT2D eigenvalue weighted by Gasteiger charge is 2.12. The fraction of sp³-hybridized carbons (Fsp3) is 0.0833. The number of rotatable bonds is 3. The van der Waals surface area contributed by atoms with Gasteiger partial charge in [0.25, 0.3) is 5.91 Å². The van der Waals surface area contributed by atoms with E-state index >= 15 is 0 Å². The Labute approximate surface area is 142 Å². The number of nitrogens with two attached hydrogens (primary N) is 1. The van der Waals surface area contributed by atoms with Crippen LogP contribution in [0.2, 0.25) is 0 Å². The normalized spacial score (nSPS) is 10.6. The summed E-state index contributed by atoms with van der Waals surface area (Å²) in [5.74, 6) is -0.107. The van der Waals surface area contributed by atoms with E-state index < -0.39 is 11.9 Å². The molecule has 0 radical (unpaired) electrons. The third kappa shape index (κ3) is 4.34. The maximum absolute atomic E-state index is 11.6. The molecule has 1 rings (SSSR count). The number of methoxy groups -OCH3 is 1. The lowest BCUT2D eigenvalue weighted by Crippen LogP contribution is -2.35. The van der Waals surface area contributed by atoms with Crippen LogP contribution in [0.25, 0.3) is 6.08 Å². The van der Waals surface area contributed by atoms with Crippen LogP contribution in [0.5, 0.6) is 5.75 Å². The number of benzene rings is 1. The molecule has 0 aliphatic rings. The Kier molecular flexibility index (Phi) is 6.21. The number of carbonyl (C=O) groups is 2. The largest absolute Gasteiger partial charge is 0.495 e. The standard InChI is InChI=1S/C12H9I2N3O3/c1-20-10-8(13)3-6(4-9(10)14)2-7(5-15)11(18)17-12(16)19/h2-4H,1H3,(H3,16,17,18,19)/b7-2-. The number of amides is 3. The van der Waals surface area contributed by atoms with Gasteiger partial charge in [-0.15, -0.1) is 0 Å². The van der Waals surface area contributed by atoms with Crippen molar-refractivity contribution < 1.29 is 14.3 Å². The van der Waals surface area contributed by atoms with Crippen LogP contribution in [0, 0.1) is 18.5 Å². The summed E-state index contributed by atoms with van der Waals surface area (Å²) >= 11 is 4.18. The molecule has 0 bridgehead atoms. The van der Waals surface area contributed by atoms with E-state index in [1.165, 1.54) is 6.08 Å². The number of hydrogen-bond donors (Lipinski definition) is 2. The number of imide groups is 1. The first kappa shape index (κ1) is 16.7. The van der Waals surface area contributed by atoms with E-state index in [-0.39, 0.29) is 5.57 Å². The second-order valence-corrected chi connectivity index (χ2v) is 5.83. The number of carbonyl (C=O) groups excluding carboxylic acids is 2. The van der Waals surface area contributed by atoms with Crippen LogP contribution < -0.4 is 15.8 Å². The molecule has 20 heavy (non-hydrogen) atoms.